The summed E-state index contributed by atoms with van der Waals surface area (Å²) in [6.07, 6.45) is 8.76. The maximum Gasteiger partial charge on any atom is 0.338 e. The molecule has 0 N–H and O–H groups in total. The van der Waals surface area contributed by atoms with Crippen molar-refractivity contribution in [1.29, 1.82) is 0 Å². The van der Waals surface area contributed by atoms with Crippen molar-refractivity contribution in [2.75, 3.05) is 13.7 Å². The quantitative estimate of drug-likeness (QED) is 0.534. The Morgan fingerprint density at radius 3 is 2.64 bits per heavy atom. The molecular formula is C24H30O4. The van der Waals surface area contributed by atoms with Gasteiger partial charge in [0.1, 0.15) is 0 Å². The van der Waals surface area contributed by atoms with Gasteiger partial charge in [-0.1, -0.05) is 48.7 Å². The number of fused-ring (bicyclic) bond motifs is 1. The molecule has 28 heavy (non-hydrogen) atoms. The number of allylic oxidation sites excluding steroid dienone is 2. The highest BCUT2D eigenvalue weighted by Crippen LogP contribution is 2.46. The van der Waals surface area contributed by atoms with E-state index in [0.29, 0.717) is 25.0 Å². The molecule has 1 fully saturated rings. The molecule has 4 nitrogen and oxygen atoms in total. The third-order valence-electron chi connectivity index (χ3n) is 5.94. The third kappa shape index (κ3) is 4.12. The molecule has 0 aromatic heterocycles. The van der Waals surface area contributed by atoms with E-state index in [9.17, 15) is 9.59 Å². The summed E-state index contributed by atoms with van der Waals surface area (Å²) in [6, 6.07) is 6.10. The highest BCUT2D eigenvalue weighted by Gasteiger charge is 2.49. The summed E-state index contributed by atoms with van der Waals surface area (Å²) < 4.78 is 11.3. The fraction of sp³-hybridized carbons (Fsp3) is 0.500. The van der Waals surface area contributed by atoms with E-state index in [0.717, 1.165) is 29.5 Å². The van der Waals surface area contributed by atoms with Crippen molar-refractivity contribution in [1.82, 2.24) is 0 Å². The highest BCUT2D eigenvalue weighted by atomic mass is 16.5. The second kappa shape index (κ2) is 8.44. The standard InChI is InChI=1S/C24H30O4/c1-5-9-24-10-8-20(25)14-22(24)18(15-28-24)6-7-21(23(26)27-4)19-12-16(2)11-17(3)13-19/h7-8,10-13,18,22H,5-6,9,14-15H2,1-4H3/b21-7-. The largest absolute Gasteiger partial charge is 0.465 e. The van der Waals surface area contributed by atoms with Crippen LogP contribution in [-0.2, 0) is 19.1 Å². The van der Waals surface area contributed by atoms with Gasteiger partial charge in [0, 0.05) is 12.3 Å². The van der Waals surface area contributed by atoms with Crippen molar-refractivity contribution in [3.63, 3.8) is 0 Å². The van der Waals surface area contributed by atoms with E-state index >= 15 is 0 Å². The number of ether oxygens (including phenoxy) is 2. The molecule has 1 aliphatic carbocycles. The molecule has 4 heteroatoms. The first-order valence-corrected chi connectivity index (χ1v) is 10.1. The maximum absolute atomic E-state index is 12.5. The number of carbonyl (C=O) groups is 2. The molecule has 3 unspecified atom stereocenters. The Bertz CT molecular complexity index is 800. The van der Waals surface area contributed by atoms with Crippen LogP contribution in [0.2, 0.25) is 0 Å². The first-order chi connectivity index (χ1) is 13.4. The van der Waals surface area contributed by atoms with Crippen molar-refractivity contribution in [2.45, 2.75) is 52.1 Å². The van der Waals surface area contributed by atoms with Gasteiger partial charge in [0.15, 0.2) is 5.78 Å². The van der Waals surface area contributed by atoms with Gasteiger partial charge in [0.25, 0.3) is 0 Å². The number of carbonyl (C=O) groups excluding carboxylic acids is 2. The summed E-state index contributed by atoms with van der Waals surface area (Å²) in [4.78, 5) is 24.5. The molecule has 1 heterocycles. The zero-order valence-electron chi connectivity index (χ0n) is 17.3. The number of aryl methyl sites for hydroxylation is 2. The summed E-state index contributed by atoms with van der Waals surface area (Å²) in [5.74, 6) is 0.215. The van der Waals surface area contributed by atoms with Crippen LogP contribution in [0.5, 0.6) is 0 Å². The summed E-state index contributed by atoms with van der Waals surface area (Å²) >= 11 is 0. The number of esters is 1. The van der Waals surface area contributed by atoms with Crippen LogP contribution in [0.1, 0.15) is 49.3 Å². The number of benzene rings is 1. The van der Waals surface area contributed by atoms with Gasteiger partial charge in [0.05, 0.1) is 24.9 Å². The lowest BCUT2D eigenvalue weighted by Crippen LogP contribution is -2.39. The average Bonchev–Trinajstić information content (AvgIpc) is 2.99. The molecule has 2 aliphatic rings. The molecule has 3 rings (SSSR count). The minimum atomic E-state index is -0.330. The van der Waals surface area contributed by atoms with Crippen LogP contribution in [0.4, 0.5) is 0 Å². The lowest BCUT2D eigenvalue weighted by atomic mass is 9.71. The Morgan fingerprint density at radius 2 is 2.00 bits per heavy atom. The molecule has 0 amide bonds. The molecule has 1 aromatic carbocycles. The number of ketones is 1. The third-order valence-corrected chi connectivity index (χ3v) is 5.94. The Balaban J connectivity index is 1.88. The molecule has 0 radical (unpaired) electrons. The Morgan fingerprint density at radius 1 is 1.29 bits per heavy atom. The van der Waals surface area contributed by atoms with Gasteiger partial charge in [-0.2, -0.15) is 0 Å². The van der Waals surface area contributed by atoms with Crippen LogP contribution < -0.4 is 0 Å². The molecule has 3 atom stereocenters. The fourth-order valence-corrected chi connectivity index (χ4v) is 4.71. The van der Waals surface area contributed by atoms with E-state index in [1.807, 2.05) is 38.1 Å². The summed E-state index contributed by atoms with van der Waals surface area (Å²) in [6.45, 7) is 6.80. The Hall–Kier alpha value is -2.20. The lowest BCUT2D eigenvalue weighted by molar-refractivity contribution is -0.133. The van der Waals surface area contributed by atoms with Gasteiger partial charge in [-0.25, -0.2) is 4.79 Å². The van der Waals surface area contributed by atoms with E-state index in [4.69, 9.17) is 9.47 Å². The molecule has 0 spiro atoms. The molecule has 1 aromatic rings. The predicted octanol–water partition coefficient (Wildman–Crippen LogP) is 4.58. The van der Waals surface area contributed by atoms with Crippen molar-refractivity contribution in [3.05, 3.63) is 53.1 Å². The van der Waals surface area contributed by atoms with Gasteiger partial charge in [0.2, 0.25) is 0 Å². The van der Waals surface area contributed by atoms with Crippen molar-refractivity contribution < 1.29 is 19.1 Å². The van der Waals surface area contributed by atoms with Crippen molar-refractivity contribution in [2.24, 2.45) is 11.8 Å². The van der Waals surface area contributed by atoms with E-state index in [1.54, 1.807) is 6.08 Å². The number of rotatable bonds is 6. The molecule has 1 aliphatic heterocycles. The zero-order valence-corrected chi connectivity index (χ0v) is 17.3. The molecule has 0 saturated carbocycles. The highest BCUT2D eigenvalue weighted by molar-refractivity contribution is 6.16. The van der Waals surface area contributed by atoms with Crippen LogP contribution in [0, 0.1) is 25.7 Å². The van der Waals surface area contributed by atoms with Gasteiger partial charge < -0.3 is 9.47 Å². The SMILES string of the molecule is CCCC12C=CC(=O)CC1C(C/C=C(\C(=O)OC)c1cc(C)cc(C)c1)CO2. The zero-order chi connectivity index (χ0) is 20.3. The average molecular weight is 383 g/mol. The maximum atomic E-state index is 12.5. The summed E-state index contributed by atoms with van der Waals surface area (Å²) in [7, 11) is 1.41. The van der Waals surface area contributed by atoms with E-state index < -0.39 is 0 Å². The fourth-order valence-electron chi connectivity index (χ4n) is 4.71. The smallest absolute Gasteiger partial charge is 0.338 e. The first kappa shape index (κ1) is 20.5. The normalized spacial score (nSPS) is 27.0. The summed E-state index contributed by atoms with van der Waals surface area (Å²) in [5, 5.41) is 0. The Labute approximate surface area is 167 Å². The second-order valence-electron chi connectivity index (χ2n) is 8.11. The Kier molecular flexibility index (Phi) is 6.19. The second-order valence-corrected chi connectivity index (χ2v) is 8.11. The molecule has 1 saturated heterocycles. The minimum absolute atomic E-state index is 0.165. The van der Waals surface area contributed by atoms with Crippen LogP contribution in [0.3, 0.4) is 0 Å². The van der Waals surface area contributed by atoms with Crippen LogP contribution in [-0.4, -0.2) is 31.1 Å². The van der Waals surface area contributed by atoms with Crippen molar-refractivity contribution in [3.8, 4) is 0 Å². The van der Waals surface area contributed by atoms with Crippen LogP contribution in [0.25, 0.3) is 5.57 Å². The van der Waals surface area contributed by atoms with Crippen LogP contribution >= 0.6 is 0 Å². The van der Waals surface area contributed by atoms with E-state index in [2.05, 4.69) is 13.0 Å². The molecule has 150 valence electrons. The number of methoxy groups -OCH3 is 1. The van der Waals surface area contributed by atoms with E-state index in [1.165, 1.54) is 7.11 Å². The topological polar surface area (TPSA) is 52.6 Å². The first-order valence-electron chi connectivity index (χ1n) is 10.1. The summed E-state index contributed by atoms with van der Waals surface area (Å²) in [5.41, 5.74) is 3.35. The lowest BCUT2D eigenvalue weighted by Gasteiger charge is -2.35. The van der Waals surface area contributed by atoms with Crippen LogP contribution in [0.15, 0.2) is 36.4 Å². The molecule has 0 bridgehead atoms. The van der Waals surface area contributed by atoms with Crippen molar-refractivity contribution >= 4 is 17.3 Å². The van der Waals surface area contributed by atoms with Gasteiger partial charge in [-0.3, -0.25) is 4.79 Å². The number of hydrogen-bond donors (Lipinski definition) is 0. The predicted molar refractivity (Wildman–Crippen MR) is 110 cm³/mol. The van der Waals surface area contributed by atoms with Gasteiger partial charge >= 0.3 is 5.97 Å². The van der Waals surface area contributed by atoms with Gasteiger partial charge in [-0.15, -0.1) is 0 Å². The van der Waals surface area contributed by atoms with E-state index in [-0.39, 0.29) is 29.2 Å². The minimum Gasteiger partial charge on any atom is -0.465 e. The number of hydrogen-bond acceptors (Lipinski definition) is 4. The monoisotopic (exact) mass is 382 g/mol. The van der Waals surface area contributed by atoms with Gasteiger partial charge in [-0.05, 0) is 50.3 Å². The molecular weight excluding hydrogens is 352 g/mol.